The van der Waals surface area contributed by atoms with Crippen LogP contribution in [0.25, 0.3) is 10.9 Å². The summed E-state index contributed by atoms with van der Waals surface area (Å²) in [5, 5.41) is 1.20. The Hall–Kier alpha value is -1.49. The smallest absolute Gasteiger partial charge is 0.173 e. The molecular weight excluding hydrogens is 276 g/mol. The lowest BCUT2D eigenvalue weighted by atomic mass is 10.0. The lowest BCUT2D eigenvalue weighted by molar-refractivity contribution is -0.111. The number of rotatable bonds is 3. The van der Waals surface area contributed by atoms with Crippen molar-refractivity contribution in [3.63, 3.8) is 0 Å². The molecule has 1 aromatic carbocycles. The van der Waals surface area contributed by atoms with Crippen LogP contribution >= 0.6 is 0 Å². The highest BCUT2D eigenvalue weighted by atomic mass is 16.7. The van der Waals surface area contributed by atoms with E-state index in [4.69, 9.17) is 14.5 Å². The minimum atomic E-state index is -0.0549. The molecule has 2 fully saturated rings. The molecule has 2 saturated heterocycles. The Bertz CT molecular complexity index is 640. The summed E-state index contributed by atoms with van der Waals surface area (Å²) in [6.07, 6.45) is 3.60. The van der Waals surface area contributed by atoms with E-state index in [-0.39, 0.29) is 6.29 Å². The molecule has 0 radical (unpaired) electrons. The summed E-state index contributed by atoms with van der Waals surface area (Å²) in [7, 11) is 0. The van der Waals surface area contributed by atoms with E-state index in [1.165, 1.54) is 18.2 Å². The number of pyridine rings is 1. The third-order valence-corrected chi connectivity index (χ3v) is 4.65. The first-order valence-corrected chi connectivity index (χ1v) is 8.22. The van der Waals surface area contributed by atoms with Crippen LogP contribution in [0.15, 0.2) is 36.4 Å². The van der Waals surface area contributed by atoms with Gasteiger partial charge in [-0.2, -0.15) is 0 Å². The van der Waals surface area contributed by atoms with Crippen molar-refractivity contribution in [2.75, 3.05) is 19.8 Å². The van der Waals surface area contributed by atoms with Gasteiger partial charge < -0.3 is 9.47 Å². The average Bonchev–Trinajstić information content (AvgIpc) is 3.10. The number of piperidine rings is 1. The van der Waals surface area contributed by atoms with Crippen molar-refractivity contribution in [2.24, 2.45) is 0 Å². The summed E-state index contributed by atoms with van der Waals surface area (Å²) in [6, 6.07) is 13.0. The molecule has 22 heavy (non-hydrogen) atoms. The fourth-order valence-electron chi connectivity index (χ4n) is 3.52. The molecule has 1 atom stereocenters. The van der Waals surface area contributed by atoms with Gasteiger partial charge in [-0.1, -0.05) is 30.7 Å². The molecule has 2 aliphatic rings. The topological polar surface area (TPSA) is 34.6 Å². The molecule has 4 heteroatoms. The maximum atomic E-state index is 5.75. The zero-order valence-corrected chi connectivity index (χ0v) is 12.8. The molecule has 0 aliphatic carbocycles. The van der Waals surface area contributed by atoms with Gasteiger partial charge in [0.05, 0.1) is 30.5 Å². The summed E-state index contributed by atoms with van der Waals surface area (Å²) in [5.41, 5.74) is 2.20. The van der Waals surface area contributed by atoms with Crippen molar-refractivity contribution in [2.45, 2.75) is 38.1 Å². The van der Waals surface area contributed by atoms with Crippen LogP contribution in [0.3, 0.4) is 0 Å². The van der Waals surface area contributed by atoms with Gasteiger partial charge >= 0.3 is 0 Å². The van der Waals surface area contributed by atoms with Gasteiger partial charge in [-0.05, 0) is 31.5 Å². The molecule has 2 aromatic rings. The maximum absolute atomic E-state index is 5.75. The first-order chi connectivity index (χ1) is 10.9. The Balaban J connectivity index is 1.53. The Morgan fingerprint density at radius 1 is 1.05 bits per heavy atom. The van der Waals surface area contributed by atoms with Crippen LogP contribution in [0.2, 0.25) is 0 Å². The molecule has 1 unspecified atom stereocenters. The quantitative estimate of drug-likeness (QED) is 0.872. The van der Waals surface area contributed by atoms with Crippen LogP contribution in [0.4, 0.5) is 0 Å². The molecule has 2 aliphatic heterocycles. The van der Waals surface area contributed by atoms with Crippen LogP contribution in [0.5, 0.6) is 0 Å². The van der Waals surface area contributed by atoms with Gasteiger partial charge in [0.1, 0.15) is 0 Å². The van der Waals surface area contributed by atoms with Crippen molar-refractivity contribution in [3.05, 3.63) is 42.1 Å². The highest BCUT2D eigenvalue weighted by Gasteiger charge is 2.33. The number of ether oxygens (including phenoxy) is 2. The highest BCUT2D eigenvalue weighted by molar-refractivity contribution is 5.78. The minimum absolute atomic E-state index is 0.0549. The van der Waals surface area contributed by atoms with Crippen molar-refractivity contribution >= 4 is 10.9 Å². The minimum Gasteiger partial charge on any atom is -0.349 e. The lowest BCUT2D eigenvalue weighted by Crippen LogP contribution is -2.46. The van der Waals surface area contributed by atoms with Crippen LogP contribution in [-0.2, 0) is 16.0 Å². The van der Waals surface area contributed by atoms with Crippen molar-refractivity contribution in [1.29, 1.82) is 0 Å². The van der Waals surface area contributed by atoms with E-state index in [0.717, 1.165) is 43.9 Å². The van der Waals surface area contributed by atoms with Crippen molar-refractivity contribution in [1.82, 2.24) is 9.88 Å². The van der Waals surface area contributed by atoms with Gasteiger partial charge in [-0.25, -0.2) is 0 Å². The van der Waals surface area contributed by atoms with E-state index in [0.29, 0.717) is 6.04 Å². The number of para-hydroxylation sites is 1. The number of likely N-dealkylation sites (tertiary alicyclic amines) is 1. The van der Waals surface area contributed by atoms with Crippen LogP contribution in [-0.4, -0.2) is 42.0 Å². The average molecular weight is 298 g/mol. The van der Waals surface area contributed by atoms with Gasteiger partial charge in [0.15, 0.2) is 6.29 Å². The number of hydrogen-bond acceptors (Lipinski definition) is 4. The van der Waals surface area contributed by atoms with E-state index in [2.05, 4.69) is 35.2 Å². The number of aromatic nitrogens is 1. The standard InChI is InChI=1S/C18H22N2O2/c1-2-6-16-14(5-1)8-9-15(19-16)13-20-10-4-3-7-17(20)18-21-11-12-22-18/h1-2,5-6,8-9,17-18H,3-4,7,10-13H2. The molecule has 0 saturated carbocycles. The summed E-state index contributed by atoms with van der Waals surface area (Å²) in [4.78, 5) is 7.29. The van der Waals surface area contributed by atoms with Gasteiger partial charge in [-0.3, -0.25) is 9.88 Å². The summed E-state index contributed by atoms with van der Waals surface area (Å²) in [5.74, 6) is 0. The van der Waals surface area contributed by atoms with E-state index < -0.39 is 0 Å². The number of fused-ring (bicyclic) bond motifs is 1. The fourth-order valence-corrected chi connectivity index (χ4v) is 3.52. The first-order valence-electron chi connectivity index (χ1n) is 8.22. The second kappa shape index (κ2) is 6.32. The maximum Gasteiger partial charge on any atom is 0.173 e. The largest absolute Gasteiger partial charge is 0.349 e. The number of benzene rings is 1. The van der Waals surface area contributed by atoms with E-state index >= 15 is 0 Å². The Morgan fingerprint density at radius 3 is 2.82 bits per heavy atom. The second-order valence-electron chi connectivity index (χ2n) is 6.14. The fraction of sp³-hybridized carbons (Fsp3) is 0.500. The van der Waals surface area contributed by atoms with Crippen LogP contribution in [0, 0.1) is 0 Å². The molecule has 116 valence electrons. The second-order valence-corrected chi connectivity index (χ2v) is 6.14. The molecule has 3 heterocycles. The van der Waals surface area contributed by atoms with E-state index in [9.17, 15) is 0 Å². The SMILES string of the molecule is c1ccc2nc(CN3CCCCC3C3OCCO3)ccc2c1. The molecule has 4 rings (SSSR count). The third kappa shape index (κ3) is 2.86. The summed E-state index contributed by atoms with van der Waals surface area (Å²) >= 11 is 0. The Kier molecular flexibility index (Phi) is 4.06. The first kappa shape index (κ1) is 14.1. The van der Waals surface area contributed by atoms with Crippen LogP contribution in [0.1, 0.15) is 25.0 Å². The van der Waals surface area contributed by atoms with Crippen molar-refractivity contribution in [3.8, 4) is 0 Å². The number of hydrogen-bond donors (Lipinski definition) is 0. The molecule has 0 N–H and O–H groups in total. The zero-order valence-electron chi connectivity index (χ0n) is 12.8. The Labute approximate surface area is 131 Å². The predicted molar refractivity (Wildman–Crippen MR) is 85.5 cm³/mol. The molecule has 0 bridgehead atoms. The molecule has 1 aromatic heterocycles. The Morgan fingerprint density at radius 2 is 1.91 bits per heavy atom. The molecule has 0 spiro atoms. The van der Waals surface area contributed by atoms with E-state index in [1.54, 1.807) is 0 Å². The summed E-state index contributed by atoms with van der Waals surface area (Å²) < 4.78 is 11.5. The normalized spacial score (nSPS) is 24.1. The predicted octanol–water partition coefficient (Wildman–Crippen LogP) is 2.96. The van der Waals surface area contributed by atoms with Gasteiger partial charge in [-0.15, -0.1) is 0 Å². The van der Waals surface area contributed by atoms with Crippen molar-refractivity contribution < 1.29 is 9.47 Å². The molecule has 0 amide bonds. The van der Waals surface area contributed by atoms with E-state index in [1.807, 2.05) is 6.07 Å². The van der Waals surface area contributed by atoms with Gasteiger partial charge in [0.25, 0.3) is 0 Å². The molecule has 4 nitrogen and oxygen atoms in total. The summed E-state index contributed by atoms with van der Waals surface area (Å²) in [6.45, 7) is 3.42. The highest BCUT2D eigenvalue weighted by Crippen LogP contribution is 2.26. The zero-order chi connectivity index (χ0) is 14.8. The monoisotopic (exact) mass is 298 g/mol. The van der Waals surface area contributed by atoms with Gasteiger partial charge in [0.2, 0.25) is 0 Å². The van der Waals surface area contributed by atoms with Crippen LogP contribution < -0.4 is 0 Å². The lowest BCUT2D eigenvalue weighted by Gasteiger charge is -2.37. The molecular formula is C18H22N2O2. The van der Waals surface area contributed by atoms with Gasteiger partial charge in [0, 0.05) is 11.9 Å². The third-order valence-electron chi connectivity index (χ3n) is 4.65. The number of nitrogens with zero attached hydrogens (tertiary/aromatic N) is 2.